The van der Waals surface area contributed by atoms with Gasteiger partial charge in [-0.05, 0) is 35.4 Å². The number of methoxy groups -OCH3 is 3. The van der Waals surface area contributed by atoms with E-state index in [0.717, 1.165) is 5.56 Å². The van der Waals surface area contributed by atoms with Gasteiger partial charge < -0.3 is 14.2 Å². The molecule has 0 atom stereocenters. The number of ether oxygens (including phenoxy) is 3. The van der Waals surface area contributed by atoms with Gasteiger partial charge in [-0.3, -0.25) is 5.73 Å². The van der Waals surface area contributed by atoms with Gasteiger partial charge in [0.15, 0.2) is 16.5 Å². The molecule has 0 bridgehead atoms. The highest BCUT2D eigenvalue weighted by atomic mass is 35.5. The van der Waals surface area contributed by atoms with E-state index in [1.807, 2.05) is 6.07 Å². The Morgan fingerprint density at radius 3 is 2.09 bits per heavy atom. The van der Waals surface area contributed by atoms with E-state index in [1.54, 1.807) is 24.3 Å². The van der Waals surface area contributed by atoms with Crippen LogP contribution in [-0.4, -0.2) is 21.3 Å². The summed E-state index contributed by atoms with van der Waals surface area (Å²) < 4.78 is 16.3. The molecule has 3 aromatic rings. The lowest BCUT2D eigenvalue weighted by Crippen LogP contribution is -2.18. The van der Waals surface area contributed by atoms with Gasteiger partial charge in [-0.25, -0.2) is 4.98 Å². The van der Waals surface area contributed by atoms with Crippen molar-refractivity contribution >= 4 is 40.8 Å². The Balaban J connectivity index is 2.18. The number of nitrogen functional groups attached to an aromatic ring is 1. The fourth-order valence-electron chi connectivity index (χ4n) is 3.25. The van der Waals surface area contributed by atoms with Crippen molar-refractivity contribution in [1.29, 1.82) is 10.5 Å². The second-order valence-electron chi connectivity index (χ2n) is 6.67. The first kappa shape index (κ1) is 24.3. The summed E-state index contributed by atoms with van der Waals surface area (Å²) in [5.74, 6) is 1.79. The molecule has 0 aliphatic carbocycles. The normalized spacial score (nSPS) is 10.3. The third kappa shape index (κ3) is 4.89. The summed E-state index contributed by atoms with van der Waals surface area (Å²) in [6.45, 7) is 0. The number of anilines is 1. The zero-order chi connectivity index (χ0) is 24.1. The predicted octanol–water partition coefficient (Wildman–Crippen LogP) is 5.12. The molecule has 0 aliphatic heterocycles. The molecule has 0 aliphatic rings. The minimum absolute atomic E-state index is 0.136. The Labute approximate surface area is 205 Å². The van der Waals surface area contributed by atoms with Gasteiger partial charge in [0.2, 0.25) is 5.75 Å². The molecule has 0 saturated carbocycles. The molecule has 2 aromatic carbocycles. The number of rotatable bonds is 7. The maximum atomic E-state index is 10.0. The van der Waals surface area contributed by atoms with E-state index in [-0.39, 0.29) is 16.9 Å². The van der Waals surface area contributed by atoms with E-state index in [9.17, 15) is 10.5 Å². The molecular formula is C23H19Cl2N4O3S+. The molecule has 1 aromatic heterocycles. The molecule has 33 heavy (non-hydrogen) atoms. The van der Waals surface area contributed by atoms with Crippen molar-refractivity contribution in [1.82, 2.24) is 0 Å². The molecule has 10 heteroatoms. The quantitative estimate of drug-likeness (QED) is 0.446. The van der Waals surface area contributed by atoms with Crippen LogP contribution in [0.1, 0.15) is 16.7 Å². The molecule has 168 valence electrons. The van der Waals surface area contributed by atoms with Crippen molar-refractivity contribution in [3.63, 3.8) is 0 Å². The van der Waals surface area contributed by atoms with E-state index in [0.29, 0.717) is 49.2 Å². The van der Waals surface area contributed by atoms with Crippen LogP contribution in [-0.2, 0) is 5.75 Å². The SMILES string of the molecule is COc1cc(-c2c(C#N)c(N)[nH+]c(SCc3ccc(Cl)c(Cl)c3)c2C#N)cc(OC)c1OC. The van der Waals surface area contributed by atoms with Gasteiger partial charge in [-0.1, -0.05) is 41.0 Å². The fourth-order valence-corrected chi connectivity index (χ4v) is 4.54. The summed E-state index contributed by atoms with van der Waals surface area (Å²) in [5.41, 5.74) is 8.38. The topological polar surface area (TPSA) is 115 Å². The van der Waals surface area contributed by atoms with Crippen LogP contribution in [0.2, 0.25) is 10.0 Å². The number of halogens is 2. The molecule has 0 amide bonds. The van der Waals surface area contributed by atoms with Gasteiger partial charge in [-0.15, -0.1) is 0 Å². The zero-order valence-electron chi connectivity index (χ0n) is 18.0. The number of aromatic amines is 1. The predicted molar refractivity (Wildman–Crippen MR) is 128 cm³/mol. The van der Waals surface area contributed by atoms with E-state index in [2.05, 4.69) is 17.1 Å². The van der Waals surface area contributed by atoms with Crippen molar-refractivity contribution < 1.29 is 19.2 Å². The standard InChI is InChI=1S/C23H18Cl2N4O3S/c1-30-18-7-13(8-19(31-2)21(18)32-3)20-14(9-26)22(28)29-23(15(20)10-27)33-11-12-4-5-16(24)17(25)6-12/h4-8H,11H2,1-3H3,(H2,28,29)/p+1. The first-order valence-corrected chi connectivity index (χ1v) is 11.2. The molecular weight excluding hydrogens is 483 g/mol. The highest BCUT2D eigenvalue weighted by Gasteiger charge is 2.26. The molecule has 0 radical (unpaired) electrons. The number of pyridine rings is 1. The number of nitrogens with one attached hydrogen (secondary N) is 1. The maximum absolute atomic E-state index is 10.0. The molecule has 0 fully saturated rings. The van der Waals surface area contributed by atoms with Gasteiger partial charge in [0, 0.05) is 11.3 Å². The lowest BCUT2D eigenvalue weighted by molar-refractivity contribution is -0.410. The number of hydrogen-bond donors (Lipinski definition) is 1. The number of hydrogen-bond acceptors (Lipinski definition) is 7. The third-order valence-corrected chi connectivity index (χ3v) is 6.60. The Bertz CT molecular complexity index is 1280. The first-order valence-electron chi connectivity index (χ1n) is 9.44. The summed E-state index contributed by atoms with van der Waals surface area (Å²) in [4.78, 5) is 2.98. The Hall–Kier alpha value is -3.30. The smallest absolute Gasteiger partial charge is 0.289 e. The monoisotopic (exact) mass is 501 g/mol. The van der Waals surface area contributed by atoms with Gasteiger partial charge in [0.05, 0.1) is 31.4 Å². The van der Waals surface area contributed by atoms with E-state index in [1.165, 1.54) is 33.1 Å². The van der Waals surface area contributed by atoms with Crippen LogP contribution in [0, 0.1) is 22.7 Å². The van der Waals surface area contributed by atoms with Crippen molar-refractivity contribution in [3.05, 3.63) is 57.1 Å². The highest BCUT2D eigenvalue weighted by molar-refractivity contribution is 7.98. The molecule has 0 unspecified atom stereocenters. The van der Waals surface area contributed by atoms with Gasteiger partial charge in [-0.2, -0.15) is 10.5 Å². The Morgan fingerprint density at radius 2 is 1.58 bits per heavy atom. The van der Waals surface area contributed by atoms with Crippen LogP contribution in [0.5, 0.6) is 17.2 Å². The average molecular weight is 502 g/mol. The van der Waals surface area contributed by atoms with Gasteiger partial charge in [0.1, 0.15) is 23.3 Å². The van der Waals surface area contributed by atoms with Gasteiger partial charge in [0.25, 0.3) is 5.82 Å². The zero-order valence-corrected chi connectivity index (χ0v) is 20.3. The summed E-state index contributed by atoms with van der Waals surface area (Å²) >= 11 is 13.5. The average Bonchev–Trinajstić information content (AvgIpc) is 2.83. The van der Waals surface area contributed by atoms with Crippen LogP contribution in [0.15, 0.2) is 35.4 Å². The summed E-state index contributed by atoms with van der Waals surface area (Å²) in [6, 6.07) is 13.0. The number of thioether (sulfide) groups is 1. The Kier molecular flexibility index (Phi) is 7.78. The molecule has 0 spiro atoms. The van der Waals surface area contributed by atoms with Crippen LogP contribution in [0.3, 0.4) is 0 Å². The largest absolute Gasteiger partial charge is 0.493 e. The maximum Gasteiger partial charge on any atom is 0.289 e. The third-order valence-electron chi connectivity index (χ3n) is 4.79. The van der Waals surface area contributed by atoms with Crippen LogP contribution in [0.4, 0.5) is 5.82 Å². The fraction of sp³-hybridized carbons (Fsp3) is 0.174. The Morgan fingerprint density at radius 1 is 0.939 bits per heavy atom. The number of H-pyrrole nitrogens is 1. The van der Waals surface area contributed by atoms with Crippen LogP contribution in [0.25, 0.3) is 11.1 Å². The lowest BCUT2D eigenvalue weighted by atomic mass is 9.96. The summed E-state index contributed by atoms with van der Waals surface area (Å²) in [6.07, 6.45) is 0. The second kappa shape index (κ2) is 10.5. The van der Waals surface area contributed by atoms with Crippen LogP contribution >= 0.6 is 35.0 Å². The number of nitrogens with two attached hydrogens (primary N) is 1. The summed E-state index contributed by atoms with van der Waals surface area (Å²) in [7, 11) is 4.47. The number of nitrogens with zero attached hydrogens (tertiary/aromatic N) is 2. The molecule has 3 N–H and O–H groups in total. The second-order valence-corrected chi connectivity index (χ2v) is 8.47. The number of nitriles is 2. The first-order chi connectivity index (χ1) is 15.9. The van der Waals surface area contributed by atoms with Crippen molar-refractivity contribution in [3.8, 4) is 40.5 Å². The van der Waals surface area contributed by atoms with E-state index in [4.69, 9.17) is 43.1 Å². The molecule has 7 nitrogen and oxygen atoms in total. The van der Waals surface area contributed by atoms with Crippen molar-refractivity contribution in [2.45, 2.75) is 10.8 Å². The lowest BCUT2D eigenvalue weighted by Gasteiger charge is -2.16. The number of benzene rings is 2. The molecule has 0 saturated heterocycles. The molecule has 3 rings (SSSR count). The summed E-state index contributed by atoms with van der Waals surface area (Å²) in [5, 5.41) is 21.3. The van der Waals surface area contributed by atoms with Gasteiger partial charge >= 0.3 is 0 Å². The minimum atomic E-state index is 0.136. The van der Waals surface area contributed by atoms with Crippen molar-refractivity contribution in [2.75, 3.05) is 27.1 Å². The van der Waals surface area contributed by atoms with Crippen LogP contribution < -0.4 is 24.9 Å². The van der Waals surface area contributed by atoms with E-state index >= 15 is 0 Å². The van der Waals surface area contributed by atoms with E-state index < -0.39 is 0 Å². The number of aromatic nitrogens is 1. The minimum Gasteiger partial charge on any atom is -0.493 e. The molecule has 1 heterocycles. The highest BCUT2D eigenvalue weighted by Crippen LogP contribution is 2.44. The van der Waals surface area contributed by atoms with Crippen molar-refractivity contribution in [2.24, 2.45) is 0 Å².